The summed E-state index contributed by atoms with van der Waals surface area (Å²) >= 11 is 0. The van der Waals surface area contributed by atoms with Crippen molar-refractivity contribution in [3.63, 3.8) is 0 Å². The minimum absolute atomic E-state index is 0.0906. The van der Waals surface area contributed by atoms with E-state index in [1.54, 1.807) is 24.3 Å². The van der Waals surface area contributed by atoms with Gasteiger partial charge in [-0.1, -0.05) is 40.5 Å². The lowest BCUT2D eigenvalue weighted by molar-refractivity contribution is -0.152. The van der Waals surface area contributed by atoms with E-state index >= 15 is 0 Å². The van der Waals surface area contributed by atoms with Gasteiger partial charge in [0.05, 0.1) is 6.61 Å². The van der Waals surface area contributed by atoms with Crippen LogP contribution >= 0.6 is 21.6 Å². The summed E-state index contributed by atoms with van der Waals surface area (Å²) in [4.78, 5) is 24.0. The Labute approximate surface area is 222 Å². The number of ether oxygens (including phenoxy) is 2. The normalized spacial score (nSPS) is 15.8. The second kappa shape index (κ2) is 13.2. The van der Waals surface area contributed by atoms with Crippen LogP contribution in [0.2, 0.25) is 0 Å². The van der Waals surface area contributed by atoms with Crippen LogP contribution in [-0.2, 0) is 4.79 Å². The maximum Gasteiger partial charge on any atom is 0.347 e. The van der Waals surface area contributed by atoms with E-state index in [2.05, 4.69) is 0 Å². The lowest BCUT2D eigenvalue weighted by Crippen LogP contribution is -2.38. The molecule has 1 fully saturated rings. The molecule has 1 aliphatic rings. The number of unbranched alkanes of at least 4 members (excludes halogenated alkanes) is 2. The number of carboxylic acid groups (broad SMARTS) is 1. The lowest BCUT2D eigenvalue weighted by atomic mass is 10.0. The van der Waals surface area contributed by atoms with Gasteiger partial charge in [0.1, 0.15) is 11.5 Å². The SMILES string of the molecule is Cc1cc(C=CC(=O)c2ccc(OCCCCC[C@@H]3CCSS3)cc2)cc(C)c1OC(C)(C)C(=O)O. The number of hydrogen-bond acceptors (Lipinski definition) is 6. The van der Waals surface area contributed by atoms with E-state index in [1.165, 1.54) is 45.3 Å². The minimum atomic E-state index is -1.33. The van der Waals surface area contributed by atoms with Gasteiger partial charge in [-0.3, -0.25) is 4.79 Å². The van der Waals surface area contributed by atoms with Crippen LogP contribution in [0.3, 0.4) is 0 Å². The van der Waals surface area contributed by atoms with Crippen molar-refractivity contribution in [2.24, 2.45) is 0 Å². The molecular formula is C29H36O5S2. The summed E-state index contributed by atoms with van der Waals surface area (Å²) in [5.41, 5.74) is 1.75. The summed E-state index contributed by atoms with van der Waals surface area (Å²) in [6, 6.07) is 11.0. The largest absolute Gasteiger partial charge is 0.494 e. The molecule has 0 saturated carbocycles. The van der Waals surface area contributed by atoms with Crippen molar-refractivity contribution in [2.75, 3.05) is 12.4 Å². The van der Waals surface area contributed by atoms with E-state index in [4.69, 9.17) is 9.47 Å². The second-order valence-electron chi connectivity index (χ2n) is 9.65. The van der Waals surface area contributed by atoms with Crippen LogP contribution in [0.25, 0.3) is 6.08 Å². The van der Waals surface area contributed by atoms with Gasteiger partial charge in [0.2, 0.25) is 0 Å². The number of aliphatic carboxylic acids is 1. The molecule has 194 valence electrons. The smallest absolute Gasteiger partial charge is 0.347 e. The molecule has 0 amide bonds. The van der Waals surface area contributed by atoms with Crippen molar-refractivity contribution in [2.45, 2.75) is 70.7 Å². The molecule has 0 bridgehead atoms. The Hall–Kier alpha value is -2.38. The number of allylic oxidation sites excluding steroid dienone is 1. The molecule has 2 aromatic rings. The van der Waals surface area contributed by atoms with Crippen LogP contribution in [0.1, 0.15) is 73.0 Å². The van der Waals surface area contributed by atoms with Gasteiger partial charge in [0.25, 0.3) is 0 Å². The molecular weight excluding hydrogens is 492 g/mol. The van der Waals surface area contributed by atoms with Gasteiger partial charge in [0.15, 0.2) is 11.4 Å². The monoisotopic (exact) mass is 528 g/mol. The first-order chi connectivity index (χ1) is 17.2. The predicted octanol–water partition coefficient (Wildman–Crippen LogP) is 7.53. The fourth-order valence-corrected chi connectivity index (χ4v) is 6.96. The Morgan fingerprint density at radius 1 is 1.08 bits per heavy atom. The Balaban J connectivity index is 1.48. The van der Waals surface area contributed by atoms with Gasteiger partial charge in [-0.2, -0.15) is 0 Å². The van der Waals surface area contributed by atoms with Crippen molar-refractivity contribution in [3.05, 3.63) is 64.7 Å². The second-order valence-corrected chi connectivity index (χ2v) is 12.4. The molecule has 0 spiro atoms. The van der Waals surface area contributed by atoms with Crippen LogP contribution in [-0.4, -0.2) is 40.1 Å². The fraction of sp³-hybridized carbons (Fsp3) is 0.448. The maximum absolute atomic E-state index is 12.6. The Bertz CT molecular complexity index is 1050. The molecule has 1 aliphatic heterocycles. The summed E-state index contributed by atoms with van der Waals surface area (Å²) < 4.78 is 11.6. The summed E-state index contributed by atoms with van der Waals surface area (Å²) in [5, 5.41) is 10.2. The van der Waals surface area contributed by atoms with Crippen LogP contribution in [0.15, 0.2) is 42.5 Å². The molecule has 0 unspecified atom stereocenters. The third-order valence-electron chi connectivity index (χ3n) is 6.09. The van der Waals surface area contributed by atoms with Gasteiger partial charge >= 0.3 is 5.97 Å². The average Bonchev–Trinajstić information content (AvgIpc) is 3.36. The van der Waals surface area contributed by atoms with E-state index in [-0.39, 0.29) is 5.78 Å². The van der Waals surface area contributed by atoms with Crippen molar-refractivity contribution >= 4 is 39.4 Å². The van der Waals surface area contributed by atoms with Crippen molar-refractivity contribution in [1.82, 2.24) is 0 Å². The summed E-state index contributed by atoms with van der Waals surface area (Å²) in [5.74, 6) is 1.51. The van der Waals surface area contributed by atoms with Crippen molar-refractivity contribution in [1.29, 1.82) is 0 Å². The number of rotatable bonds is 13. The first kappa shape index (κ1) is 28.2. The highest BCUT2D eigenvalue weighted by atomic mass is 33.1. The molecule has 1 saturated heterocycles. The number of carboxylic acids is 1. The van der Waals surface area contributed by atoms with Gasteiger partial charge in [-0.05, 0) is 106 Å². The average molecular weight is 529 g/mol. The highest BCUT2D eigenvalue weighted by Gasteiger charge is 2.30. The number of benzene rings is 2. The Morgan fingerprint density at radius 3 is 2.39 bits per heavy atom. The highest BCUT2D eigenvalue weighted by molar-refractivity contribution is 8.77. The minimum Gasteiger partial charge on any atom is -0.494 e. The maximum atomic E-state index is 12.6. The first-order valence-corrected chi connectivity index (χ1v) is 14.8. The predicted molar refractivity (Wildman–Crippen MR) is 150 cm³/mol. The lowest BCUT2D eigenvalue weighted by Gasteiger charge is -2.24. The van der Waals surface area contributed by atoms with E-state index in [1.807, 2.05) is 59.7 Å². The zero-order valence-electron chi connectivity index (χ0n) is 21.5. The Kier molecular flexibility index (Phi) is 10.4. The van der Waals surface area contributed by atoms with Crippen molar-refractivity contribution in [3.8, 4) is 11.5 Å². The molecule has 2 aromatic carbocycles. The fourth-order valence-electron chi connectivity index (χ4n) is 3.93. The molecule has 36 heavy (non-hydrogen) atoms. The van der Waals surface area contributed by atoms with Crippen LogP contribution < -0.4 is 9.47 Å². The zero-order valence-corrected chi connectivity index (χ0v) is 23.2. The molecule has 0 aromatic heterocycles. The topological polar surface area (TPSA) is 72.8 Å². The summed E-state index contributed by atoms with van der Waals surface area (Å²) in [6.45, 7) is 7.47. The Morgan fingerprint density at radius 2 is 1.78 bits per heavy atom. The number of ketones is 1. The van der Waals surface area contributed by atoms with Crippen LogP contribution in [0.4, 0.5) is 0 Å². The quantitative estimate of drug-likeness (QED) is 0.125. The van der Waals surface area contributed by atoms with E-state index in [0.29, 0.717) is 17.9 Å². The van der Waals surface area contributed by atoms with Gasteiger partial charge in [0, 0.05) is 16.6 Å². The standard InChI is InChI=1S/C29H36O5S2/c1-20-18-22(19-21(2)27(20)34-29(3,4)28(31)32)9-14-26(30)23-10-12-24(13-11-23)33-16-7-5-6-8-25-15-17-35-36-25/h9-14,18-19,25H,5-8,15-17H2,1-4H3,(H,31,32)/t25-/m1/s1. The van der Waals surface area contributed by atoms with Gasteiger partial charge in [-0.15, -0.1) is 0 Å². The number of carbonyl (C=O) groups excluding carboxylic acids is 1. The molecule has 1 atom stereocenters. The van der Waals surface area contributed by atoms with E-state index < -0.39 is 11.6 Å². The zero-order chi connectivity index (χ0) is 26.1. The third-order valence-corrected chi connectivity index (χ3v) is 9.09. The molecule has 0 radical (unpaired) electrons. The summed E-state index contributed by atoms with van der Waals surface area (Å²) in [6.07, 6.45) is 9.46. The molecule has 0 aliphatic carbocycles. The number of aryl methyl sites for hydroxylation is 2. The molecule has 1 N–H and O–H groups in total. The molecule has 3 rings (SSSR count). The molecule has 7 heteroatoms. The first-order valence-electron chi connectivity index (χ1n) is 12.4. The van der Waals surface area contributed by atoms with Crippen LogP contribution in [0.5, 0.6) is 11.5 Å². The number of hydrogen-bond donors (Lipinski definition) is 1. The molecule has 5 nitrogen and oxygen atoms in total. The van der Waals surface area contributed by atoms with Gasteiger partial charge in [-0.25, -0.2) is 4.79 Å². The molecule has 1 heterocycles. The van der Waals surface area contributed by atoms with E-state index in [9.17, 15) is 14.7 Å². The van der Waals surface area contributed by atoms with Crippen LogP contribution in [0, 0.1) is 13.8 Å². The van der Waals surface area contributed by atoms with E-state index in [0.717, 1.165) is 34.1 Å². The summed E-state index contributed by atoms with van der Waals surface area (Å²) in [7, 11) is 4.04. The highest BCUT2D eigenvalue weighted by Crippen LogP contribution is 2.39. The van der Waals surface area contributed by atoms with Crippen molar-refractivity contribution < 1.29 is 24.2 Å². The number of carbonyl (C=O) groups is 2. The van der Waals surface area contributed by atoms with Gasteiger partial charge < -0.3 is 14.6 Å². The third kappa shape index (κ3) is 8.34.